The van der Waals surface area contributed by atoms with Crippen molar-refractivity contribution in [1.29, 1.82) is 0 Å². The van der Waals surface area contributed by atoms with Crippen LogP contribution in [0.1, 0.15) is 20.8 Å². The van der Waals surface area contributed by atoms with E-state index >= 15 is 0 Å². The monoisotopic (exact) mass is 170 g/mol. The molecule has 0 N–H and O–H groups in total. The van der Waals surface area contributed by atoms with Crippen LogP contribution in [0.5, 0.6) is 0 Å². The number of alkyl halides is 3. The highest BCUT2D eigenvalue weighted by Crippen LogP contribution is 2.17. The Morgan fingerprint density at radius 2 is 1.64 bits per heavy atom. The number of hydrogen-bond donors (Lipinski definition) is 0. The van der Waals surface area contributed by atoms with E-state index in [1.165, 1.54) is 0 Å². The third kappa shape index (κ3) is 6.16. The first-order valence-electron chi connectivity index (χ1n) is 3.51. The third-order valence-corrected chi connectivity index (χ3v) is 1.45. The van der Waals surface area contributed by atoms with Crippen LogP contribution in [-0.4, -0.2) is 18.9 Å². The molecule has 0 aliphatic heterocycles. The molecular formula is C7H13F3O. The van der Waals surface area contributed by atoms with Crippen LogP contribution in [0.15, 0.2) is 0 Å². The summed E-state index contributed by atoms with van der Waals surface area (Å²) in [5.74, 6) is 0.123. The smallest absolute Gasteiger partial charge is 0.369 e. The predicted molar refractivity (Wildman–Crippen MR) is 36.3 cm³/mol. The molecule has 0 aromatic rings. The Morgan fingerprint density at radius 3 is 1.91 bits per heavy atom. The lowest BCUT2D eigenvalue weighted by atomic mass is 10.1. The van der Waals surface area contributed by atoms with Crippen molar-refractivity contribution in [3.05, 3.63) is 0 Å². The maximum Gasteiger partial charge on any atom is 0.411 e. The molecule has 11 heavy (non-hydrogen) atoms. The van der Waals surface area contributed by atoms with Gasteiger partial charge in [0.25, 0.3) is 0 Å². The molecule has 0 aromatic heterocycles. The lowest BCUT2D eigenvalue weighted by molar-refractivity contribution is -0.187. The average molecular weight is 170 g/mol. The van der Waals surface area contributed by atoms with E-state index in [1.807, 2.05) is 13.8 Å². The van der Waals surface area contributed by atoms with Crippen LogP contribution < -0.4 is 0 Å². The van der Waals surface area contributed by atoms with Crippen molar-refractivity contribution < 1.29 is 17.9 Å². The highest BCUT2D eigenvalue weighted by atomic mass is 19.4. The maximum absolute atomic E-state index is 11.6. The lowest BCUT2D eigenvalue weighted by Crippen LogP contribution is -2.24. The van der Waals surface area contributed by atoms with Gasteiger partial charge >= 0.3 is 6.18 Å². The molecule has 0 amide bonds. The van der Waals surface area contributed by atoms with Gasteiger partial charge in [-0.1, -0.05) is 13.8 Å². The van der Waals surface area contributed by atoms with Crippen molar-refractivity contribution in [3.63, 3.8) is 0 Å². The van der Waals surface area contributed by atoms with Crippen molar-refractivity contribution in [1.82, 2.24) is 0 Å². The summed E-state index contributed by atoms with van der Waals surface area (Å²) in [6.45, 7) is 4.13. The lowest BCUT2D eigenvalue weighted by Gasteiger charge is -2.17. The first-order valence-corrected chi connectivity index (χ1v) is 3.51. The fraction of sp³-hybridized carbons (Fsp3) is 1.00. The van der Waals surface area contributed by atoms with Crippen molar-refractivity contribution in [2.24, 2.45) is 5.92 Å². The molecule has 1 atom stereocenters. The number of rotatable bonds is 3. The van der Waals surface area contributed by atoms with E-state index in [2.05, 4.69) is 4.74 Å². The summed E-state index contributed by atoms with van der Waals surface area (Å²) in [7, 11) is 0. The van der Waals surface area contributed by atoms with Gasteiger partial charge in [0.1, 0.15) is 6.61 Å². The minimum atomic E-state index is -4.21. The highest BCUT2D eigenvalue weighted by molar-refractivity contribution is 4.56. The Kier molecular flexibility index (Phi) is 3.86. The van der Waals surface area contributed by atoms with Gasteiger partial charge in [0.2, 0.25) is 0 Å². The quantitative estimate of drug-likeness (QED) is 0.632. The molecule has 1 nitrogen and oxygen atoms in total. The molecule has 0 spiro atoms. The van der Waals surface area contributed by atoms with Crippen LogP contribution in [0.2, 0.25) is 0 Å². The number of ether oxygens (including phenoxy) is 1. The molecule has 0 aromatic carbocycles. The Hall–Kier alpha value is -0.250. The van der Waals surface area contributed by atoms with Gasteiger partial charge in [-0.2, -0.15) is 13.2 Å². The Bertz CT molecular complexity index is 109. The maximum atomic E-state index is 11.6. The largest absolute Gasteiger partial charge is 0.411 e. The zero-order valence-corrected chi connectivity index (χ0v) is 6.90. The summed E-state index contributed by atoms with van der Waals surface area (Å²) < 4.78 is 39.2. The number of hydrogen-bond acceptors (Lipinski definition) is 1. The molecule has 0 saturated heterocycles. The normalized spacial score (nSPS) is 15.5. The van der Waals surface area contributed by atoms with Crippen LogP contribution in [0.4, 0.5) is 13.2 Å². The molecule has 0 radical (unpaired) electrons. The van der Waals surface area contributed by atoms with Crippen molar-refractivity contribution >= 4 is 0 Å². The minimum absolute atomic E-state index is 0.123. The molecule has 0 rings (SSSR count). The van der Waals surface area contributed by atoms with E-state index in [0.29, 0.717) is 0 Å². The van der Waals surface area contributed by atoms with E-state index in [4.69, 9.17) is 0 Å². The van der Waals surface area contributed by atoms with Gasteiger partial charge in [-0.15, -0.1) is 0 Å². The number of halogens is 3. The van der Waals surface area contributed by atoms with Gasteiger partial charge in [-0.3, -0.25) is 0 Å². The predicted octanol–water partition coefficient (Wildman–Crippen LogP) is 2.61. The van der Waals surface area contributed by atoms with Crippen molar-refractivity contribution in [3.8, 4) is 0 Å². The van der Waals surface area contributed by atoms with Gasteiger partial charge in [0.05, 0.1) is 6.10 Å². The van der Waals surface area contributed by atoms with Crippen molar-refractivity contribution in [2.45, 2.75) is 33.1 Å². The summed E-state index contributed by atoms with van der Waals surface area (Å²) >= 11 is 0. The molecule has 0 heterocycles. The van der Waals surface area contributed by atoms with Crippen LogP contribution in [-0.2, 0) is 4.74 Å². The van der Waals surface area contributed by atoms with E-state index < -0.39 is 12.8 Å². The Balaban J connectivity index is 3.54. The zero-order chi connectivity index (χ0) is 9.07. The van der Waals surface area contributed by atoms with E-state index in [-0.39, 0.29) is 12.0 Å². The molecule has 0 fully saturated rings. The Morgan fingerprint density at radius 1 is 1.18 bits per heavy atom. The van der Waals surface area contributed by atoms with Gasteiger partial charge in [-0.05, 0) is 12.8 Å². The van der Waals surface area contributed by atoms with Gasteiger partial charge < -0.3 is 4.74 Å². The van der Waals surface area contributed by atoms with Gasteiger partial charge in [0.15, 0.2) is 0 Å². The zero-order valence-electron chi connectivity index (χ0n) is 6.90. The molecule has 68 valence electrons. The van der Waals surface area contributed by atoms with Gasteiger partial charge in [-0.25, -0.2) is 0 Å². The third-order valence-electron chi connectivity index (χ3n) is 1.45. The fourth-order valence-electron chi connectivity index (χ4n) is 0.418. The molecule has 4 heteroatoms. The highest BCUT2D eigenvalue weighted by Gasteiger charge is 2.28. The van der Waals surface area contributed by atoms with Crippen LogP contribution in [0.25, 0.3) is 0 Å². The SMILES string of the molecule is CC(C)[C@@H](C)OCC(F)(F)F. The first-order chi connectivity index (χ1) is 4.83. The fourth-order valence-corrected chi connectivity index (χ4v) is 0.418. The molecule has 0 saturated carbocycles. The second-order valence-corrected chi connectivity index (χ2v) is 2.88. The molecule has 0 aliphatic rings. The van der Waals surface area contributed by atoms with Gasteiger partial charge in [0, 0.05) is 0 Å². The van der Waals surface area contributed by atoms with E-state index in [9.17, 15) is 13.2 Å². The van der Waals surface area contributed by atoms with Crippen LogP contribution in [0.3, 0.4) is 0 Å². The standard InChI is InChI=1S/C7H13F3O/c1-5(2)6(3)11-4-7(8,9)10/h5-6H,4H2,1-3H3/t6-/m1/s1. The van der Waals surface area contributed by atoms with Crippen LogP contribution in [0, 0.1) is 5.92 Å². The summed E-state index contributed by atoms with van der Waals surface area (Å²) in [5, 5.41) is 0. The molecule has 0 unspecified atom stereocenters. The topological polar surface area (TPSA) is 9.23 Å². The Labute approximate surface area is 64.5 Å². The average Bonchev–Trinajstić information content (AvgIpc) is 1.80. The first kappa shape index (κ1) is 10.8. The van der Waals surface area contributed by atoms with E-state index in [1.54, 1.807) is 6.92 Å². The van der Waals surface area contributed by atoms with Crippen LogP contribution >= 0.6 is 0 Å². The van der Waals surface area contributed by atoms with Crippen molar-refractivity contribution in [2.75, 3.05) is 6.61 Å². The summed E-state index contributed by atoms with van der Waals surface area (Å²) in [4.78, 5) is 0. The molecule has 0 aliphatic carbocycles. The molecular weight excluding hydrogens is 157 g/mol. The minimum Gasteiger partial charge on any atom is -0.369 e. The second-order valence-electron chi connectivity index (χ2n) is 2.88. The van der Waals surface area contributed by atoms with E-state index in [0.717, 1.165) is 0 Å². The molecule has 0 bridgehead atoms. The second kappa shape index (κ2) is 3.95. The summed E-state index contributed by atoms with van der Waals surface area (Å²) in [6.07, 6.45) is -4.54. The summed E-state index contributed by atoms with van der Waals surface area (Å²) in [6, 6.07) is 0. The summed E-state index contributed by atoms with van der Waals surface area (Å²) in [5.41, 5.74) is 0.